The molecular weight excluding hydrogens is 248 g/mol. The van der Waals surface area contributed by atoms with E-state index in [1.165, 1.54) is 12.1 Å². The zero-order valence-electron chi connectivity index (χ0n) is 11.2. The van der Waals surface area contributed by atoms with Crippen molar-refractivity contribution in [3.8, 4) is 0 Å². The van der Waals surface area contributed by atoms with Crippen LogP contribution in [0.2, 0.25) is 0 Å². The van der Waals surface area contributed by atoms with Crippen LogP contribution >= 0.6 is 0 Å². The minimum atomic E-state index is -1.29. The van der Waals surface area contributed by atoms with E-state index < -0.39 is 17.5 Å². The molecule has 104 valence electrons. The van der Waals surface area contributed by atoms with Gasteiger partial charge in [0.15, 0.2) is 0 Å². The van der Waals surface area contributed by atoms with E-state index in [1.54, 1.807) is 13.8 Å². The molecule has 1 rings (SSSR count). The fraction of sp³-hybridized carbons (Fsp3) is 0.429. The predicted molar refractivity (Wildman–Crippen MR) is 69.6 cm³/mol. The number of aliphatic hydroxyl groups is 1. The Bertz CT molecular complexity index is 511. The highest BCUT2D eigenvalue weighted by Crippen LogP contribution is 2.29. The summed E-state index contributed by atoms with van der Waals surface area (Å²) >= 11 is 0. The zero-order valence-corrected chi connectivity index (χ0v) is 11.2. The Morgan fingerprint density at radius 3 is 2.11 bits per heavy atom. The molecule has 3 N–H and O–H groups in total. The van der Waals surface area contributed by atoms with E-state index in [0.29, 0.717) is 24.0 Å². The minimum Gasteiger partial charge on any atom is -0.478 e. The van der Waals surface area contributed by atoms with Gasteiger partial charge in [-0.2, -0.15) is 0 Å². The van der Waals surface area contributed by atoms with Gasteiger partial charge in [-0.15, -0.1) is 0 Å². The van der Waals surface area contributed by atoms with E-state index in [4.69, 9.17) is 5.11 Å². The Balaban J connectivity index is 3.68. The smallest absolute Gasteiger partial charge is 0.336 e. The lowest BCUT2D eigenvalue weighted by Gasteiger charge is -2.23. The van der Waals surface area contributed by atoms with Gasteiger partial charge >= 0.3 is 11.9 Å². The first-order valence-electron chi connectivity index (χ1n) is 6.05. The quantitative estimate of drug-likeness (QED) is 0.759. The van der Waals surface area contributed by atoms with E-state index in [2.05, 4.69) is 0 Å². The maximum absolute atomic E-state index is 11.4. The van der Waals surface area contributed by atoms with Gasteiger partial charge in [-0.1, -0.05) is 19.4 Å². The van der Waals surface area contributed by atoms with Gasteiger partial charge in [0, 0.05) is 0 Å². The summed E-state index contributed by atoms with van der Waals surface area (Å²) in [6.45, 7) is 4.97. The topological polar surface area (TPSA) is 94.8 Å². The number of carboxylic acids is 2. The average molecular weight is 266 g/mol. The number of aromatic carboxylic acids is 2. The van der Waals surface area contributed by atoms with Crippen molar-refractivity contribution < 1.29 is 24.9 Å². The van der Waals surface area contributed by atoms with Gasteiger partial charge < -0.3 is 15.3 Å². The Morgan fingerprint density at radius 1 is 1.16 bits per heavy atom. The van der Waals surface area contributed by atoms with Crippen molar-refractivity contribution in [3.63, 3.8) is 0 Å². The summed E-state index contributed by atoms with van der Waals surface area (Å²) in [7, 11) is 0. The molecule has 19 heavy (non-hydrogen) atoms. The lowest BCUT2D eigenvalue weighted by atomic mass is 9.85. The van der Waals surface area contributed by atoms with Crippen molar-refractivity contribution in [2.45, 2.75) is 39.2 Å². The van der Waals surface area contributed by atoms with Crippen molar-refractivity contribution in [1.82, 2.24) is 0 Å². The van der Waals surface area contributed by atoms with Crippen molar-refractivity contribution in [1.29, 1.82) is 0 Å². The highest BCUT2D eigenvalue weighted by Gasteiger charge is 2.27. The third kappa shape index (κ3) is 3.12. The second-order valence-electron chi connectivity index (χ2n) is 4.93. The molecule has 0 bridgehead atoms. The molecule has 5 heteroatoms. The number of benzene rings is 1. The number of carbonyl (C=O) groups is 2. The van der Waals surface area contributed by atoms with Crippen LogP contribution in [-0.4, -0.2) is 27.3 Å². The zero-order chi connectivity index (χ0) is 14.8. The fourth-order valence-corrected chi connectivity index (χ4v) is 2.15. The van der Waals surface area contributed by atoms with Gasteiger partial charge in [0.25, 0.3) is 0 Å². The van der Waals surface area contributed by atoms with Gasteiger partial charge in [-0.05, 0) is 37.5 Å². The minimum absolute atomic E-state index is 0.228. The molecule has 0 aliphatic rings. The molecule has 0 saturated heterocycles. The molecular formula is C14H18O5. The van der Waals surface area contributed by atoms with E-state index in [-0.39, 0.29) is 11.1 Å². The third-order valence-corrected chi connectivity index (χ3v) is 2.92. The number of rotatable bonds is 5. The lowest BCUT2D eigenvalue weighted by molar-refractivity contribution is 0.0643. The summed E-state index contributed by atoms with van der Waals surface area (Å²) in [5.41, 5.74) is -0.844. The summed E-state index contributed by atoms with van der Waals surface area (Å²) in [4.78, 5) is 22.5. The summed E-state index contributed by atoms with van der Waals surface area (Å²) < 4.78 is 0. The van der Waals surface area contributed by atoms with Gasteiger partial charge in [0.05, 0.1) is 16.7 Å². The first-order valence-corrected chi connectivity index (χ1v) is 6.05. The molecule has 0 aliphatic heterocycles. The number of hydrogen-bond acceptors (Lipinski definition) is 3. The first-order chi connectivity index (χ1) is 8.70. The molecule has 1 aromatic carbocycles. The van der Waals surface area contributed by atoms with Gasteiger partial charge in [0.1, 0.15) is 0 Å². The van der Waals surface area contributed by atoms with Crippen molar-refractivity contribution in [3.05, 3.63) is 34.4 Å². The number of hydrogen-bond donors (Lipinski definition) is 3. The standard InChI is InChI=1S/C14H18O5/c1-4-5-8-10(14(2,3)19)7-6-9(12(15)16)11(8)13(17)18/h6-7,19H,4-5H2,1-3H3,(H,15,16)(H,17,18). The maximum Gasteiger partial charge on any atom is 0.336 e. The summed E-state index contributed by atoms with van der Waals surface area (Å²) in [5.74, 6) is -2.57. The summed E-state index contributed by atoms with van der Waals surface area (Å²) in [6, 6.07) is 2.72. The molecule has 5 nitrogen and oxygen atoms in total. The second kappa shape index (κ2) is 5.40. The molecule has 0 spiro atoms. The second-order valence-corrected chi connectivity index (χ2v) is 4.93. The Labute approximate surface area is 111 Å². The highest BCUT2D eigenvalue weighted by atomic mass is 16.4. The van der Waals surface area contributed by atoms with Crippen LogP contribution in [0.5, 0.6) is 0 Å². The molecule has 0 fully saturated rings. The molecule has 0 heterocycles. The molecule has 0 aliphatic carbocycles. The van der Waals surface area contributed by atoms with Crippen molar-refractivity contribution in [2.24, 2.45) is 0 Å². The van der Waals surface area contributed by atoms with Crippen LogP contribution < -0.4 is 0 Å². The summed E-state index contributed by atoms with van der Waals surface area (Å²) in [6.07, 6.45) is 1.06. The molecule has 0 amide bonds. The SMILES string of the molecule is CCCc1c(C(C)(C)O)ccc(C(=O)O)c1C(=O)O. The molecule has 0 saturated carbocycles. The highest BCUT2D eigenvalue weighted by molar-refractivity contribution is 6.03. The van der Waals surface area contributed by atoms with Crippen molar-refractivity contribution in [2.75, 3.05) is 0 Å². The van der Waals surface area contributed by atoms with Gasteiger partial charge in [0.2, 0.25) is 0 Å². The predicted octanol–water partition coefficient (Wildman–Crippen LogP) is 2.26. The maximum atomic E-state index is 11.4. The van der Waals surface area contributed by atoms with Gasteiger partial charge in [-0.25, -0.2) is 9.59 Å². The van der Waals surface area contributed by atoms with Gasteiger partial charge in [-0.3, -0.25) is 0 Å². The molecule has 1 aromatic rings. The lowest BCUT2D eigenvalue weighted by Crippen LogP contribution is -2.22. The Kier molecular flexibility index (Phi) is 4.32. The van der Waals surface area contributed by atoms with Crippen LogP contribution in [0.4, 0.5) is 0 Å². The van der Waals surface area contributed by atoms with Crippen LogP contribution in [0.1, 0.15) is 59.0 Å². The molecule has 0 unspecified atom stereocenters. The van der Waals surface area contributed by atoms with Crippen LogP contribution in [-0.2, 0) is 12.0 Å². The van der Waals surface area contributed by atoms with Crippen molar-refractivity contribution >= 4 is 11.9 Å². The van der Waals surface area contributed by atoms with Crippen LogP contribution in [0, 0.1) is 0 Å². The summed E-state index contributed by atoms with van der Waals surface area (Å²) in [5, 5.41) is 28.4. The third-order valence-electron chi connectivity index (χ3n) is 2.92. The molecule has 0 radical (unpaired) electrons. The molecule has 0 atom stereocenters. The van der Waals surface area contributed by atoms with E-state index >= 15 is 0 Å². The normalized spacial score (nSPS) is 11.4. The average Bonchev–Trinajstić information content (AvgIpc) is 2.26. The number of carboxylic acid groups (broad SMARTS) is 2. The monoisotopic (exact) mass is 266 g/mol. The van der Waals surface area contributed by atoms with Crippen LogP contribution in [0.3, 0.4) is 0 Å². The largest absolute Gasteiger partial charge is 0.478 e. The van der Waals surface area contributed by atoms with E-state index in [9.17, 15) is 19.8 Å². The van der Waals surface area contributed by atoms with Crippen LogP contribution in [0.25, 0.3) is 0 Å². The van der Waals surface area contributed by atoms with E-state index in [1.807, 2.05) is 6.92 Å². The first kappa shape index (κ1) is 15.2. The Morgan fingerprint density at radius 2 is 1.74 bits per heavy atom. The van der Waals surface area contributed by atoms with Crippen LogP contribution in [0.15, 0.2) is 12.1 Å². The Hall–Kier alpha value is -1.88. The van der Waals surface area contributed by atoms with E-state index in [0.717, 1.165) is 0 Å². The molecule has 0 aromatic heterocycles. The fourth-order valence-electron chi connectivity index (χ4n) is 2.15.